The number of hydrogen-bond donors (Lipinski definition) is 2. The summed E-state index contributed by atoms with van der Waals surface area (Å²) in [4.78, 5) is 25.6. The van der Waals surface area contributed by atoms with Gasteiger partial charge in [-0.25, -0.2) is 0 Å². The van der Waals surface area contributed by atoms with Crippen molar-refractivity contribution in [3.8, 4) is 0 Å². The lowest BCUT2D eigenvalue weighted by Crippen LogP contribution is -2.43. The van der Waals surface area contributed by atoms with Gasteiger partial charge in [0.15, 0.2) is 0 Å². The first-order valence-electron chi connectivity index (χ1n) is 7.75. The van der Waals surface area contributed by atoms with Crippen LogP contribution in [0.3, 0.4) is 0 Å². The molecule has 2 aromatic carbocycles. The number of benzene rings is 2. The molecule has 1 atom stereocenters. The predicted molar refractivity (Wildman–Crippen MR) is 92.4 cm³/mol. The molecule has 126 valence electrons. The number of hydrogen-bond acceptors (Lipinski definition) is 3. The van der Waals surface area contributed by atoms with Crippen LogP contribution in [0.2, 0.25) is 0 Å². The Morgan fingerprint density at radius 3 is 2.17 bits per heavy atom. The van der Waals surface area contributed by atoms with Crippen LogP contribution in [0.4, 0.5) is 0 Å². The minimum absolute atomic E-state index is 0.0708. The molecular weight excluding hydrogens is 304 g/mol. The number of carbonyl (C=O) groups excluding carboxylic acids is 2. The van der Waals surface area contributed by atoms with Crippen LogP contribution in [0, 0.1) is 0 Å². The van der Waals surface area contributed by atoms with Gasteiger partial charge >= 0.3 is 0 Å². The van der Waals surface area contributed by atoms with Crippen molar-refractivity contribution in [2.45, 2.75) is 12.5 Å². The topological polar surface area (TPSA) is 69.6 Å². The van der Waals surface area contributed by atoms with Crippen LogP contribution in [0.1, 0.15) is 22.8 Å². The van der Waals surface area contributed by atoms with Gasteiger partial charge in [0.2, 0.25) is 5.91 Å². The Bertz CT molecular complexity index is 684. The Morgan fingerprint density at radius 1 is 1.04 bits per heavy atom. The standard InChI is InChI=1S/C19H22N2O3/c1-19(24,16-11-7-4-8-12-16)14-20-17(22)13-21(2)18(23)15-9-5-3-6-10-15/h3-12,24H,13-14H2,1-2H3,(H,20,22). The number of nitrogens with one attached hydrogen (secondary N) is 1. The molecule has 24 heavy (non-hydrogen) atoms. The number of nitrogens with zero attached hydrogens (tertiary/aromatic N) is 1. The highest BCUT2D eigenvalue weighted by molar-refractivity contribution is 5.96. The zero-order valence-corrected chi connectivity index (χ0v) is 13.9. The van der Waals surface area contributed by atoms with Gasteiger partial charge in [-0.15, -0.1) is 0 Å². The average Bonchev–Trinajstić information content (AvgIpc) is 2.61. The van der Waals surface area contributed by atoms with Crippen LogP contribution >= 0.6 is 0 Å². The summed E-state index contributed by atoms with van der Waals surface area (Å²) in [7, 11) is 1.57. The maximum atomic E-state index is 12.2. The zero-order chi connectivity index (χ0) is 17.6. The van der Waals surface area contributed by atoms with Gasteiger partial charge in [0.05, 0.1) is 13.1 Å². The van der Waals surface area contributed by atoms with E-state index in [1.54, 1.807) is 50.4 Å². The molecule has 2 amide bonds. The van der Waals surface area contributed by atoms with Crippen LogP contribution in [0.15, 0.2) is 60.7 Å². The highest BCUT2D eigenvalue weighted by Crippen LogP contribution is 2.18. The zero-order valence-electron chi connectivity index (χ0n) is 13.9. The Morgan fingerprint density at radius 2 is 1.58 bits per heavy atom. The van der Waals surface area contributed by atoms with E-state index in [1.165, 1.54) is 4.90 Å². The third-order valence-electron chi connectivity index (χ3n) is 3.77. The summed E-state index contributed by atoms with van der Waals surface area (Å²) in [5, 5.41) is 13.1. The molecular formula is C19H22N2O3. The molecule has 2 aromatic rings. The quantitative estimate of drug-likeness (QED) is 0.850. The molecule has 1 unspecified atom stereocenters. The van der Waals surface area contributed by atoms with Crippen LogP contribution < -0.4 is 5.32 Å². The average molecular weight is 326 g/mol. The largest absolute Gasteiger partial charge is 0.384 e. The molecule has 0 spiro atoms. The van der Waals surface area contributed by atoms with Crippen LogP contribution in [0.5, 0.6) is 0 Å². The summed E-state index contributed by atoms with van der Waals surface area (Å²) in [6.07, 6.45) is 0. The lowest BCUT2D eigenvalue weighted by Gasteiger charge is -2.25. The lowest BCUT2D eigenvalue weighted by atomic mass is 9.96. The van der Waals surface area contributed by atoms with Crippen molar-refractivity contribution in [3.05, 3.63) is 71.8 Å². The summed E-state index contributed by atoms with van der Waals surface area (Å²) in [5.74, 6) is -0.543. The van der Waals surface area contributed by atoms with E-state index in [4.69, 9.17) is 0 Å². The Balaban J connectivity index is 1.88. The first kappa shape index (κ1) is 17.7. The van der Waals surface area contributed by atoms with Crippen molar-refractivity contribution in [2.24, 2.45) is 0 Å². The fourth-order valence-electron chi connectivity index (χ4n) is 2.31. The number of amides is 2. The van der Waals surface area contributed by atoms with Crippen molar-refractivity contribution in [1.82, 2.24) is 10.2 Å². The number of carbonyl (C=O) groups is 2. The molecule has 2 N–H and O–H groups in total. The normalized spacial score (nSPS) is 13.0. The van der Waals surface area contributed by atoms with E-state index in [9.17, 15) is 14.7 Å². The van der Waals surface area contributed by atoms with E-state index in [2.05, 4.69) is 5.32 Å². The van der Waals surface area contributed by atoms with Gasteiger partial charge in [-0.05, 0) is 24.6 Å². The maximum absolute atomic E-state index is 12.2. The summed E-state index contributed by atoms with van der Waals surface area (Å²) in [5.41, 5.74) is 0.0851. The van der Waals surface area contributed by atoms with E-state index in [-0.39, 0.29) is 24.9 Å². The highest BCUT2D eigenvalue weighted by atomic mass is 16.3. The SMILES string of the molecule is CN(CC(=O)NCC(C)(O)c1ccccc1)C(=O)c1ccccc1. The van der Waals surface area contributed by atoms with E-state index < -0.39 is 5.60 Å². The van der Waals surface area contributed by atoms with Gasteiger partial charge in [0.1, 0.15) is 5.60 Å². The maximum Gasteiger partial charge on any atom is 0.254 e. The molecule has 0 aliphatic rings. The van der Waals surface area contributed by atoms with E-state index in [0.717, 1.165) is 5.56 Å². The van der Waals surface area contributed by atoms with Gasteiger partial charge in [-0.2, -0.15) is 0 Å². The summed E-state index contributed by atoms with van der Waals surface area (Å²) in [6, 6.07) is 17.9. The van der Waals surface area contributed by atoms with Crippen molar-refractivity contribution < 1.29 is 14.7 Å². The Kier molecular flexibility index (Phi) is 5.71. The van der Waals surface area contributed by atoms with Gasteiger partial charge in [-0.1, -0.05) is 48.5 Å². The second kappa shape index (κ2) is 7.75. The van der Waals surface area contributed by atoms with Crippen molar-refractivity contribution in [1.29, 1.82) is 0 Å². The highest BCUT2D eigenvalue weighted by Gasteiger charge is 2.24. The Labute approximate surface area is 141 Å². The van der Waals surface area contributed by atoms with E-state index in [1.807, 2.05) is 24.3 Å². The van der Waals surface area contributed by atoms with Crippen molar-refractivity contribution >= 4 is 11.8 Å². The Hall–Kier alpha value is -2.66. The molecule has 0 heterocycles. The molecule has 2 rings (SSSR count). The lowest BCUT2D eigenvalue weighted by molar-refractivity contribution is -0.122. The number of likely N-dealkylation sites (N-methyl/N-ethyl adjacent to an activating group) is 1. The smallest absolute Gasteiger partial charge is 0.254 e. The summed E-state index contributed by atoms with van der Waals surface area (Å²) < 4.78 is 0. The predicted octanol–water partition coefficient (Wildman–Crippen LogP) is 1.78. The first-order chi connectivity index (χ1) is 11.4. The number of rotatable bonds is 6. The molecule has 0 radical (unpaired) electrons. The van der Waals surface area contributed by atoms with Gasteiger partial charge < -0.3 is 15.3 Å². The fraction of sp³-hybridized carbons (Fsp3) is 0.263. The molecule has 0 aliphatic heterocycles. The van der Waals surface area contributed by atoms with Gasteiger partial charge in [0, 0.05) is 12.6 Å². The van der Waals surface area contributed by atoms with E-state index >= 15 is 0 Å². The molecule has 5 nitrogen and oxygen atoms in total. The van der Waals surface area contributed by atoms with Gasteiger partial charge in [0.25, 0.3) is 5.91 Å². The van der Waals surface area contributed by atoms with Gasteiger partial charge in [-0.3, -0.25) is 9.59 Å². The second-order valence-corrected chi connectivity index (χ2v) is 5.94. The first-order valence-corrected chi connectivity index (χ1v) is 7.75. The summed E-state index contributed by atoms with van der Waals surface area (Å²) in [6.45, 7) is 1.64. The van der Waals surface area contributed by atoms with Crippen LogP contribution in [-0.4, -0.2) is 42.0 Å². The third-order valence-corrected chi connectivity index (χ3v) is 3.77. The van der Waals surface area contributed by atoms with Crippen LogP contribution in [-0.2, 0) is 10.4 Å². The fourth-order valence-corrected chi connectivity index (χ4v) is 2.31. The summed E-state index contributed by atoms with van der Waals surface area (Å²) >= 11 is 0. The second-order valence-electron chi connectivity index (χ2n) is 5.94. The van der Waals surface area contributed by atoms with Crippen molar-refractivity contribution in [2.75, 3.05) is 20.1 Å². The van der Waals surface area contributed by atoms with Crippen molar-refractivity contribution in [3.63, 3.8) is 0 Å². The minimum Gasteiger partial charge on any atom is -0.384 e. The molecule has 0 aromatic heterocycles. The molecule has 0 bridgehead atoms. The molecule has 5 heteroatoms. The third kappa shape index (κ3) is 4.67. The van der Waals surface area contributed by atoms with E-state index in [0.29, 0.717) is 5.56 Å². The molecule has 0 aliphatic carbocycles. The monoisotopic (exact) mass is 326 g/mol. The van der Waals surface area contributed by atoms with Crippen LogP contribution in [0.25, 0.3) is 0 Å². The number of aliphatic hydroxyl groups is 1. The molecule has 0 fully saturated rings. The minimum atomic E-state index is -1.17. The molecule has 0 saturated carbocycles. The molecule has 0 saturated heterocycles.